The van der Waals surface area contributed by atoms with Gasteiger partial charge in [0, 0.05) is 23.6 Å². The smallest absolute Gasteiger partial charge is 0.262 e. The number of para-hydroxylation sites is 1. The molecule has 0 aliphatic rings. The van der Waals surface area contributed by atoms with Gasteiger partial charge in [0.2, 0.25) is 0 Å². The lowest BCUT2D eigenvalue weighted by Crippen LogP contribution is -2.20. The van der Waals surface area contributed by atoms with Gasteiger partial charge in [-0.2, -0.15) is 0 Å². The first-order valence-electron chi connectivity index (χ1n) is 10.0. The minimum Gasteiger partial charge on any atom is -0.483 e. The van der Waals surface area contributed by atoms with Crippen LogP contribution in [0.4, 0.5) is 28.8 Å². The predicted octanol–water partition coefficient (Wildman–Crippen LogP) is 4.68. The molecule has 8 heteroatoms. The van der Waals surface area contributed by atoms with Crippen molar-refractivity contribution in [3.63, 3.8) is 0 Å². The number of carbonyl (C=O) groups excluding carboxylic acids is 1. The van der Waals surface area contributed by atoms with E-state index in [2.05, 4.69) is 30.9 Å². The summed E-state index contributed by atoms with van der Waals surface area (Å²) in [5.74, 6) is 2.42. The van der Waals surface area contributed by atoms with Crippen molar-refractivity contribution >= 4 is 34.7 Å². The van der Waals surface area contributed by atoms with Crippen LogP contribution >= 0.6 is 0 Å². The van der Waals surface area contributed by atoms with Crippen LogP contribution in [0.3, 0.4) is 0 Å². The fourth-order valence-corrected chi connectivity index (χ4v) is 2.91. The van der Waals surface area contributed by atoms with Gasteiger partial charge >= 0.3 is 0 Å². The minimum atomic E-state index is -0.227. The van der Waals surface area contributed by atoms with E-state index in [9.17, 15) is 4.79 Å². The molecule has 1 amide bonds. The van der Waals surface area contributed by atoms with Crippen LogP contribution < -0.4 is 20.7 Å². The second-order valence-corrected chi connectivity index (χ2v) is 6.93. The van der Waals surface area contributed by atoms with Gasteiger partial charge < -0.3 is 20.7 Å². The molecular weight excluding hydrogens is 404 g/mol. The molecule has 4 aromatic rings. The number of hydrogen-bond acceptors (Lipinski definition) is 7. The molecule has 4 rings (SSSR count). The Bertz CT molecular complexity index is 1180. The van der Waals surface area contributed by atoms with Gasteiger partial charge in [0.15, 0.2) is 6.61 Å². The molecule has 2 aromatic heterocycles. The zero-order valence-corrected chi connectivity index (χ0v) is 17.4. The molecular formula is C24H22N6O2. The highest BCUT2D eigenvalue weighted by Gasteiger charge is 2.06. The Morgan fingerprint density at radius 2 is 1.53 bits per heavy atom. The molecule has 0 fully saturated rings. The molecule has 3 N–H and O–H groups in total. The fourth-order valence-electron chi connectivity index (χ4n) is 2.91. The van der Waals surface area contributed by atoms with E-state index in [0.717, 1.165) is 11.3 Å². The number of anilines is 5. The Labute approximate surface area is 185 Å². The van der Waals surface area contributed by atoms with Crippen LogP contribution in [0, 0.1) is 6.92 Å². The molecule has 0 spiro atoms. The standard InChI is InChI=1S/C24H22N6O2/c1-17-6-2-3-7-20(17)32-15-24(31)29-19-11-9-18(10-12-19)28-22-14-23(27-16-26-22)30-21-8-4-5-13-25-21/h2-14,16H,15H2,1H3,(H,29,31)(H2,25,26,27,28,30). The normalized spacial score (nSPS) is 10.3. The van der Waals surface area contributed by atoms with Crippen molar-refractivity contribution in [3.8, 4) is 5.75 Å². The van der Waals surface area contributed by atoms with E-state index in [4.69, 9.17) is 4.74 Å². The first kappa shape index (κ1) is 20.8. The van der Waals surface area contributed by atoms with E-state index in [-0.39, 0.29) is 12.5 Å². The van der Waals surface area contributed by atoms with Crippen LogP contribution in [0.25, 0.3) is 0 Å². The Hall–Kier alpha value is -4.46. The largest absolute Gasteiger partial charge is 0.483 e. The lowest BCUT2D eigenvalue weighted by Gasteiger charge is -2.11. The SMILES string of the molecule is Cc1ccccc1OCC(=O)Nc1ccc(Nc2cc(Nc3ccccn3)ncn2)cc1. The molecule has 0 aliphatic carbocycles. The van der Waals surface area contributed by atoms with E-state index in [0.29, 0.717) is 28.9 Å². The van der Waals surface area contributed by atoms with Gasteiger partial charge in [-0.25, -0.2) is 15.0 Å². The number of nitrogens with zero attached hydrogens (tertiary/aromatic N) is 3. The number of nitrogens with one attached hydrogen (secondary N) is 3. The summed E-state index contributed by atoms with van der Waals surface area (Å²) in [4.78, 5) is 24.8. The van der Waals surface area contributed by atoms with Gasteiger partial charge in [-0.05, 0) is 55.0 Å². The molecule has 32 heavy (non-hydrogen) atoms. The number of ether oxygens (including phenoxy) is 1. The van der Waals surface area contributed by atoms with E-state index >= 15 is 0 Å². The minimum absolute atomic E-state index is 0.0577. The van der Waals surface area contributed by atoms with Crippen molar-refractivity contribution in [2.45, 2.75) is 6.92 Å². The molecule has 2 heterocycles. The van der Waals surface area contributed by atoms with Crippen LogP contribution in [0.1, 0.15) is 5.56 Å². The molecule has 0 atom stereocenters. The monoisotopic (exact) mass is 426 g/mol. The maximum Gasteiger partial charge on any atom is 0.262 e. The number of aromatic nitrogens is 3. The second kappa shape index (κ2) is 10.0. The van der Waals surface area contributed by atoms with Crippen LogP contribution in [-0.4, -0.2) is 27.5 Å². The highest BCUT2D eigenvalue weighted by molar-refractivity contribution is 5.92. The van der Waals surface area contributed by atoms with Gasteiger partial charge in [-0.15, -0.1) is 0 Å². The second-order valence-electron chi connectivity index (χ2n) is 6.93. The van der Waals surface area contributed by atoms with Gasteiger partial charge in [-0.1, -0.05) is 24.3 Å². The molecule has 2 aromatic carbocycles. The molecule has 0 radical (unpaired) electrons. The first-order chi connectivity index (χ1) is 15.7. The van der Waals surface area contributed by atoms with Crippen LogP contribution in [0.5, 0.6) is 5.75 Å². The Morgan fingerprint density at radius 3 is 2.28 bits per heavy atom. The van der Waals surface area contributed by atoms with E-state index in [1.54, 1.807) is 12.3 Å². The summed E-state index contributed by atoms with van der Waals surface area (Å²) in [5, 5.41) is 9.17. The number of carbonyl (C=O) groups is 1. The number of pyridine rings is 1. The fraction of sp³-hybridized carbons (Fsp3) is 0.0833. The summed E-state index contributed by atoms with van der Waals surface area (Å²) in [6, 6.07) is 22.3. The molecule has 0 bridgehead atoms. The average Bonchev–Trinajstić information content (AvgIpc) is 2.81. The number of hydrogen-bond donors (Lipinski definition) is 3. The Balaban J connectivity index is 1.31. The Kier molecular flexibility index (Phi) is 6.52. The van der Waals surface area contributed by atoms with Gasteiger partial charge in [0.05, 0.1) is 0 Å². The van der Waals surface area contributed by atoms with Gasteiger partial charge in [0.1, 0.15) is 29.5 Å². The predicted molar refractivity (Wildman–Crippen MR) is 125 cm³/mol. The number of rotatable bonds is 8. The third-order valence-electron chi connectivity index (χ3n) is 4.48. The van der Waals surface area contributed by atoms with Crippen molar-refractivity contribution < 1.29 is 9.53 Å². The number of aryl methyl sites for hydroxylation is 1. The zero-order valence-electron chi connectivity index (χ0n) is 17.4. The topological polar surface area (TPSA) is 101 Å². The number of benzene rings is 2. The van der Waals surface area contributed by atoms with E-state index in [1.165, 1.54) is 6.33 Å². The summed E-state index contributed by atoms with van der Waals surface area (Å²) in [6.07, 6.45) is 3.18. The zero-order chi connectivity index (χ0) is 22.2. The maximum atomic E-state index is 12.2. The van der Waals surface area contributed by atoms with E-state index < -0.39 is 0 Å². The quantitative estimate of drug-likeness (QED) is 0.376. The molecule has 0 unspecified atom stereocenters. The van der Waals surface area contributed by atoms with Crippen molar-refractivity contribution in [2.75, 3.05) is 22.6 Å². The lowest BCUT2D eigenvalue weighted by atomic mass is 10.2. The molecule has 0 saturated heterocycles. The van der Waals surface area contributed by atoms with Gasteiger partial charge in [0.25, 0.3) is 5.91 Å². The van der Waals surface area contributed by atoms with Crippen LogP contribution in [0.15, 0.2) is 85.3 Å². The van der Waals surface area contributed by atoms with Crippen LogP contribution in [-0.2, 0) is 4.79 Å². The average molecular weight is 426 g/mol. The summed E-state index contributed by atoms with van der Waals surface area (Å²) in [5.41, 5.74) is 2.48. The highest BCUT2D eigenvalue weighted by Crippen LogP contribution is 2.20. The maximum absolute atomic E-state index is 12.2. The lowest BCUT2D eigenvalue weighted by molar-refractivity contribution is -0.118. The third kappa shape index (κ3) is 5.79. The molecule has 0 aliphatic heterocycles. The summed E-state index contributed by atoms with van der Waals surface area (Å²) >= 11 is 0. The van der Waals surface area contributed by atoms with E-state index in [1.807, 2.05) is 73.7 Å². The first-order valence-corrected chi connectivity index (χ1v) is 10.0. The highest BCUT2D eigenvalue weighted by atomic mass is 16.5. The number of amides is 1. The van der Waals surface area contributed by atoms with Crippen molar-refractivity contribution in [3.05, 3.63) is 90.9 Å². The van der Waals surface area contributed by atoms with Crippen molar-refractivity contribution in [1.82, 2.24) is 15.0 Å². The van der Waals surface area contributed by atoms with Gasteiger partial charge in [-0.3, -0.25) is 4.79 Å². The van der Waals surface area contributed by atoms with Crippen molar-refractivity contribution in [1.29, 1.82) is 0 Å². The molecule has 160 valence electrons. The molecule has 8 nitrogen and oxygen atoms in total. The Morgan fingerprint density at radius 1 is 0.812 bits per heavy atom. The summed E-state index contributed by atoms with van der Waals surface area (Å²) < 4.78 is 5.58. The molecule has 0 saturated carbocycles. The van der Waals surface area contributed by atoms with Crippen molar-refractivity contribution in [2.24, 2.45) is 0 Å². The summed E-state index contributed by atoms with van der Waals surface area (Å²) in [7, 11) is 0. The summed E-state index contributed by atoms with van der Waals surface area (Å²) in [6.45, 7) is 1.88. The third-order valence-corrected chi connectivity index (χ3v) is 4.48. The van der Waals surface area contributed by atoms with Crippen LogP contribution in [0.2, 0.25) is 0 Å².